The molecule has 0 radical (unpaired) electrons. The molecule has 0 aromatic heterocycles. The van der Waals surface area contributed by atoms with Crippen molar-refractivity contribution >= 4 is 5.69 Å². The van der Waals surface area contributed by atoms with Crippen LogP contribution in [0.5, 0.6) is 0 Å². The van der Waals surface area contributed by atoms with Gasteiger partial charge in [-0.15, -0.1) is 0 Å². The van der Waals surface area contributed by atoms with Gasteiger partial charge in [-0.25, -0.2) is 4.39 Å². The first-order chi connectivity index (χ1) is 7.84. The average molecular weight is 213 g/mol. The molecule has 0 N–H and O–H groups in total. The van der Waals surface area contributed by atoms with Gasteiger partial charge in [-0.3, -0.25) is 0 Å². The molecule has 80 valence electrons. The van der Waals surface area contributed by atoms with E-state index >= 15 is 0 Å². The Hall–Kier alpha value is -1.83. The lowest BCUT2D eigenvalue weighted by Gasteiger charge is -2.05. The van der Waals surface area contributed by atoms with E-state index in [1.54, 1.807) is 0 Å². The summed E-state index contributed by atoms with van der Waals surface area (Å²) in [5.41, 5.74) is 2.42. The normalized spacial score (nSPS) is 18.6. The fourth-order valence-corrected chi connectivity index (χ4v) is 2.01. The van der Waals surface area contributed by atoms with E-state index in [0.717, 1.165) is 6.54 Å². The summed E-state index contributed by atoms with van der Waals surface area (Å²) in [7, 11) is 0. The van der Waals surface area contributed by atoms with Crippen molar-refractivity contribution in [1.29, 1.82) is 0 Å². The molecule has 2 aromatic rings. The summed E-state index contributed by atoms with van der Waals surface area (Å²) in [6.07, 6.45) is 0. The predicted molar refractivity (Wildman–Crippen MR) is 62.9 cm³/mol. The van der Waals surface area contributed by atoms with Crippen LogP contribution in [0.25, 0.3) is 0 Å². The molecule has 2 aromatic carbocycles. The molecular formula is C14H12FN. The Morgan fingerprint density at radius 1 is 0.938 bits per heavy atom. The molecule has 1 aliphatic heterocycles. The number of hydrogen-bond donors (Lipinski definition) is 0. The summed E-state index contributed by atoms with van der Waals surface area (Å²) in [6, 6.07) is 17.5. The highest BCUT2D eigenvalue weighted by Gasteiger charge is 2.35. The molecule has 1 nitrogen and oxygen atoms in total. The first-order valence-corrected chi connectivity index (χ1v) is 5.42. The summed E-state index contributed by atoms with van der Waals surface area (Å²) < 4.78 is 12.8. The van der Waals surface area contributed by atoms with Crippen LogP contribution in [0, 0.1) is 5.82 Å². The molecule has 1 atom stereocenters. The fourth-order valence-electron chi connectivity index (χ4n) is 2.01. The van der Waals surface area contributed by atoms with Crippen LogP contribution in [0.3, 0.4) is 0 Å². The highest BCUT2D eigenvalue weighted by atomic mass is 19.1. The summed E-state index contributed by atoms with van der Waals surface area (Å²) in [5.74, 6) is -0.171. The van der Waals surface area contributed by atoms with Gasteiger partial charge in [0.1, 0.15) is 5.82 Å². The standard InChI is InChI=1S/C14H12FN/c15-12-8-6-11(7-9-12)14-10-16(14)13-4-2-1-3-5-13/h1-9,14H,10H2. The Bertz CT molecular complexity index is 478. The highest BCUT2D eigenvalue weighted by molar-refractivity contribution is 5.56. The summed E-state index contributed by atoms with van der Waals surface area (Å²) in [6.45, 7) is 1.02. The number of hydrogen-bond acceptors (Lipinski definition) is 1. The van der Waals surface area contributed by atoms with Crippen molar-refractivity contribution in [2.75, 3.05) is 11.4 Å². The van der Waals surface area contributed by atoms with Crippen molar-refractivity contribution in [3.8, 4) is 0 Å². The lowest BCUT2D eigenvalue weighted by Crippen LogP contribution is -1.93. The van der Waals surface area contributed by atoms with E-state index in [4.69, 9.17) is 0 Å². The third-order valence-electron chi connectivity index (χ3n) is 2.95. The molecule has 0 spiro atoms. The van der Waals surface area contributed by atoms with Gasteiger partial charge >= 0.3 is 0 Å². The van der Waals surface area contributed by atoms with Crippen LogP contribution in [0.15, 0.2) is 54.6 Å². The zero-order valence-corrected chi connectivity index (χ0v) is 8.81. The number of benzene rings is 2. The third-order valence-corrected chi connectivity index (χ3v) is 2.95. The molecule has 1 aliphatic rings. The van der Waals surface area contributed by atoms with Gasteiger partial charge in [0.15, 0.2) is 0 Å². The molecule has 0 aliphatic carbocycles. The quantitative estimate of drug-likeness (QED) is 0.691. The van der Waals surface area contributed by atoms with Crippen LogP contribution in [-0.2, 0) is 0 Å². The molecular weight excluding hydrogens is 201 g/mol. The van der Waals surface area contributed by atoms with Crippen LogP contribution in [0.1, 0.15) is 11.6 Å². The predicted octanol–water partition coefficient (Wildman–Crippen LogP) is 3.39. The molecule has 1 saturated heterocycles. The van der Waals surface area contributed by atoms with Gasteiger partial charge < -0.3 is 4.90 Å². The fraction of sp³-hybridized carbons (Fsp3) is 0.143. The van der Waals surface area contributed by atoms with E-state index < -0.39 is 0 Å². The van der Waals surface area contributed by atoms with Crippen molar-refractivity contribution in [1.82, 2.24) is 0 Å². The SMILES string of the molecule is Fc1ccc(C2CN2c2ccccc2)cc1. The Morgan fingerprint density at radius 3 is 2.31 bits per heavy atom. The highest BCUT2D eigenvalue weighted by Crippen LogP contribution is 2.39. The smallest absolute Gasteiger partial charge is 0.123 e. The summed E-state index contributed by atoms with van der Waals surface area (Å²) in [5, 5.41) is 0. The van der Waals surface area contributed by atoms with Crippen LogP contribution in [0.4, 0.5) is 10.1 Å². The largest absolute Gasteiger partial charge is 0.360 e. The maximum atomic E-state index is 12.8. The minimum atomic E-state index is -0.171. The Balaban J connectivity index is 1.79. The monoisotopic (exact) mass is 213 g/mol. The van der Waals surface area contributed by atoms with Crippen LogP contribution in [0.2, 0.25) is 0 Å². The van der Waals surface area contributed by atoms with Crippen molar-refractivity contribution in [2.24, 2.45) is 0 Å². The molecule has 1 unspecified atom stereocenters. The molecule has 1 fully saturated rings. The Labute approximate surface area is 94.1 Å². The lowest BCUT2D eigenvalue weighted by atomic mass is 10.1. The van der Waals surface area contributed by atoms with E-state index in [9.17, 15) is 4.39 Å². The lowest BCUT2D eigenvalue weighted by molar-refractivity contribution is 0.627. The number of para-hydroxylation sites is 1. The van der Waals surface area contributed by atoms with Crippen molar-refractivity contribution in [3.05, 3.63) is 66.0 Å². The van der Waals surface area contributed by atoms with Gasteiger partial charge in [-0.1, -0.05) is 30.3 Å². The van der Waals surface area contributed by atoms with Crippen LogP contribution < -0.4 is 4.90 Å². The van der Waals surface area contributed by atoms with Crippen LogP contribution >= 0.6 is 0 Å². The number of nitrogens with zero attached hydrogens (tertiary/aromatic N) is 1. The van der Waals surface area contributed by atoms with E-state index in [1.807, 2.05) is 30.3 Å². The van der Waals surface area contributed by atoms with E-state index in [-0.39, 0.29) is 5.82 Å². The third kappa shape index (κ3) is 1.67. The molecule has 3 rings (SSSR count). The minimum Gasteiger partial charge on any atom is -0.360 e. The van der Waals surface area contributed by atoms with Gasteiger partial charge in [-0.2, -0.15) is 0 Å². The second-order valence-corrected chi connectivity index (χ2v) is 4.06. The number of rotatable bonds is 2. The van der Waals surface area contributed by atoms with E-state index in [0.29, 0.717) is 6.04 Å². The Kier molecular flexibility index (Phi) is 2.13. The van der Waals surface area contributed by atoms with Crippen molar-refractivity contribution in [3.63, 3.8) is 0 Å². The van der Waals surface area contributed by atoms with Gasteiger partial charge in [0.2, 0.25) is 0 Å². The summed E-state index contributed by atoms with van der Waals surface area (Å²) in [4.78, 5) is 2.30. The molecule has 0 amide bonds. The molecule has 2 heteroatoms. The molecule has 1 heterocycles. The Morgan fingerprint density at radius 2 is 1.62 bits per heavy atom. The second-order valence-electron chi connectivity index (χ2n) is 4.06. The number of anilines is 1. The summed E-state index contributed by atoms with van der Waals surface area (Å²) >= 11 is 0. The van der Waals surface area contributed by atoms with Gasteiger partial charge in [0.25, 0.3) is 0 Å². The van der Waals surface area contributed by atoms with E-state index in [1.165, 1.54) is 23.4 Å². The van der Waals surface area contributed by atoms with Crippen molar-refractivity contribution in [2.45, 2.75) is 6.04 Å². The number of halogens is 1. The molecule has 0 bridgehead atoms. The zero-order valence-electron chi connectivity index (χ0n) is 8.81. The zero-order chi connectivity index (χ0) is 11.0. The second kappa shape index (κ2) is 3.63. The molecule has 0 saturated carbocycles. The first kappa shape index (κ1) is 9.40. The van der Waals surface area contributed by atoms with E-state index in [2.05, 4.69) is 17.0 Å². The van der Waals surface area contributed by atoms with Crippen LogP contribution in [-0.4, -0.2) is 6.54 Å². The van der Waals surface area contributed by atoms with Gasteiger partial charge in [-0.05, 0) is 29.8 Å². The first-order valence-electron chi connectivity index (χ1n) is 5.42. The van der Waals surface area contributed by atoms with Crippen molar-refractivity contribution < 1.29 is 4.39 Å². The maximum Gasteiger partial charge on any atom is 0.123 e. The topological polar surface area (TPSA) is 3.01 Å². The van der Waals surface area contributed by atoms with Gasteiger partial charge in [0, 0.05) is 12.2 Å². The average Bonchev–Trinajstić information content (AvgIpc) is 3.11. The maximum absolute atomic E-state index is 12.8. The molecule has 16 heavy (non-hydrogen) atoms. The van der Waals surface area contributed by atoms with Gasteiger partial charge in [0.05, 0.1) is 6.04 Å². The minimum absolute atomic E-state index is 0.171.